The standard InChI is InChI=1S/C16H17FN2O3S/c1-12-3-5-14(6-4-12)11-19(13(2)20)18-23(21,22)16-9-7-15(17)8-10-16/h3-10,18H,11H2,1-2H3. The van der Waals surface area contributed by atoms with Crippen molar-refractivity contribution in [3.05, 3.63) is 65.5 Å². The van der Waals surface area contributed by atoms with Gasteiger partial charge in [-0.1, -0.05) is 29.8 Å². The van der Waals surface area contributed by atoms with Crippen molar-refractivity contribution in [3.63, 3.8) is 0 Å². The largest absolute Gasteiger partial charge is 0.274 e. The number of benzene rings is 2. The van der Waals surface area contributed by atoms with E-state index in [-0.39, 0.29) is 11.4 Å². The van der Waals surface area contributed by atoms with Gasteiger partial charge in [0.2, 0.25) is 5.91 Å². The molecule has 0 aliphatic rings. The van der Waals surface area contributed by atoms with Crippen LogP contribution in [-0.4, -0.2) is 19.3 Å². The molecule has 0 atom stereocenters. The van der Waals surface area contributed by atoms with E-state index in [0.717, 1.165) is 40.4 Å². The molecule has 0 bridgehead atoms. The second-order valence-corrected chi connectivity index (χ2v) is 6.80. The molecule has 122 valence electrons. The number of hydrazine groups is 1. The van der Waals surface area contributed by atoms with Gasteiger partial charge in [-0.25, -0.2) is 12.8 Å². The molecule has 0 unspecified atom stereocenters. The Morgan fingerprint density at radius 1 is 1.09 bits per heavy atom. The smallest absolute Gasteiger partial charge is 0.257 e. The van der Waals surface area contributed by atoms with Crippen LogP contribution in [-0.2, 0) is 21.4 Å². The molecule has 0 radical (unpaired) electrons. The Kier molecular flexibility index (Phi) is 5.12. The summed E-state index contributed by atoms with van der Waals surface area (Å²) >= 11 is 0. The first-order chi connectivity index (χ1) is 10.8. The molecule has 1 N–H and O–H groups in total. The van der Waals surface area contributed by atoms with Crippen molar-refractivity contribution in [1.29, 1.82) is 0 Å². The zero-order chi connectivity index (χ0) is 17.0. The first-order valence-corrected chi connectivity index (χ1v) is 8.38. The number of carbonyl (C=O) groups is 1. The van der Waals surface area contributed by atoms with Gasteiger partial charge in [0, 0.05) is 6.92 Å². The third kappa shape index (κ3) is 4.61. The predicted octanol–water partition coefficient (Wildman–Crippen LogP) is 2.38. The van der Waals surface area contributed by atoms with Crippen molar-refractivity contribution < 1.29 is 17.6 Å². The van der Waals surface area contributed by atoms with Crippen LogP contribution >= 0.6 is 0 Å². The van der Waals surface area contributed by atoms with Crippen LogP contribution in [0.2, 0.25) is 0 Å². The highest BCUT2D eigenvalue weighted by molar-refractivity contribution is 7.89. The number of amides is 1. The van der Waals surface area contributed by atoms with Crippen LogP contribution in [0.25, 0.3) is 0 Å². The molecule has 0 aliphatic heterocycles. The molecule has 2 aromatic rings. The van der Waals surface area contributed by atoms with Crippen molar-refractivity contribution in [3.8, 4) is 0 Å². The van der Waals surface area contributed by atoms with Crippen molar-refractivity contribution in [2.75, 3.05) is 0 Å². The molecular weight excluding hydrogens is 319 g/mol. The Morgan fingerprint density at radius 3 is 2.17 bits per heavy atom. The number of rotatable bonds is 5. The molecule has 0 heterocycles. The molecule has 0 saturated heterocycles. The summed E-state index contributed by atoms with van der Waals surface area (Å²) < 4.78 is 37.5. The highest BCUT2D eigenvalue weighted by Crippen LogP contribution is 2.12. The molecule has 0 fully saturated rings. The lowest BCUT2D eigenvalue weighted by Gasteiger charge is -2.22. The fourth-order valence-corrected chi connectivity index (χ4v) is 2.98. The number of nitrogens with zero attached hydrogens (tertiary/aromatic N) is 1. The molecule has 0 spiro atoms. The van der Waals surface area contributed by atoms with E-state index in [9.17, 15) is 17.6 Å². The van der Waals surface area contributed by atoms with E-state index in [0.29, 0.717) is 0 Å². The monoisotopic (exact) mass is 336 g/mol. The summed E-state index contributed by atoms with van der Waals surface area (Å²) in [5, 5.41) is 1.00. The highest BCUT2D eigenvalue weighted by atomic mass is 32.2. The van der Waals surface area contributed by atoms with Crippen molar-refractivity contribution in [2.24, 2.45) is 0 Å². The minimum absolute atomic E-state index is 0.0933. The summed E-state index contributed by atoms with van der Waals surface area (Å²) in [4.78, 5) is 13.8. The summed E-state index contributed by atoms with van der Waals surface area (Å²) in [6, 6.07) is 11.8. The zero-order valence-corrected chi connectivity index (χ0v) is 13.6. The quantitative estimate of drug-likeness (QED) is 0.853. The maximum Gasteiger partial charge on any atom is 0.257 e. The average Bonchev–Trinajstić information content (AvgIpc) is 2.49. The Balaban J connectivity index is 2.20. The molecule has 2 aromatic carbocycles. The van der Waals surface area contributed by atoms with Gasteiger partial charge < -0.3 is 0 Å². The maximum absolute atomic E-state index is 12.9. The van der Waals surface area contributed by atoms with Crippen LogP contribution in [0.4, 0.5) is 4.39 Å². The summed E-state index contributed by atoms with van der Waals surface area (Å²) in [5.74, 6) is -0.983. The van der Waals surface area contributed by atoms with Gasteiger partial charge in [0.05, 0.1) is 11.4 Å². The minimum Gasteiger partial charge on any atom is -0.274 e. The van der Waals surface area contributed by atoms with Gasteiger partial charge in [0.25, 0.3) is 10.0 Å². The first-order valence-electron chi connectivity index (χ1n) is 6.89. The summed E-state index contributed by atoms with van der Waals surface area (Å²) in [6.45, 7) is 3.29. The second kappa shape index (κ2) is 6.89. The normalized spacial score (nSPS) is 11.3. The molecule has 1 amide bonds. The van der Waals surface area contributed by atoms with E-state index in [1.165, 1.54) is 6.92 Å². The van der Waals surface area contributed by atoms with Crippen molar-refractivity contribution in [2.45, 2.75) is 25.3 Å². The molecule has 0 saturated carbocycles. The average molecular weight is 336 g/mol. The summed E-state index contributed by atoms with van der Waals surface area (Å²) in [5.41, 5.74) is 1.85. The number of hydrogen-bond acceptors (Lipinski definition) is 3. The van der Waals surface area contributed by atoms with Crippen LogP contribution in [0.3, 0.4) is 0 Å². The Labute approximate surface area is 134 Å². The molecular formula is C16H17FN2O3S. The third-order valence-electron chi connectivity index (χ3n) is 3.20. The molecule has 0 aliphatic carbocycles. The molecule has 23 heavy (non-hydrogen) atoms. The first kappa shape index (κ1) is 17.1. The minimum atomic E-state index is -3.96. The molecule has 5 nitrogen and oxygen atoms in total. The van der Waals surface area contributed by atoms with E-state index < -0.39 is 21.7 Å². The van der Waals surface area contributed by atoms with Crippen LogP contribution in [0.1, 0.15) is 18.1 Å². The van der Waals surface area contributed by atoms with Crippen LogP contribution < -0.4 is 4.83 Å². The Hall–Kier alpha value is -2.25. The van der Waals surface area contributed by atoms with Crippen molar-refractivity contribution in [1.82, 2.24) is 9.84 Å². The molecule has 2 rings (SSSR count). The third-order valence-corrected chi connectivity index (χ3v) is 4.55. The van der Waals surface area contributed by atoms with E-state index in [4.69, 9.17) is 0 Å². The predicted molar refractivity (Wildman–Crippen MR) is 84.1 cm³/mol. The number of carbonyl (C=O) groups excluding carboxylic acids is 1. The number of hydrogen-bond donors (Lipinski definition) is 1. The van der Waals surface area contributed by atoms with Crippen molar-refractivity contribution >= 4 is 15.9 Å². The lowest BCUT2D eigenvalue weighted by Crippen LogP contribution is -2.44. The van der Waals surface area contributed by atoms with E-state index in [2.05, 4.69) is 4.83 Å². The molecule has 7 heteroatoms. The van der Waals surface area contributed by atoms with E-state index >= 15 is 0 Å². The van der Waals surface area contributed by atoms with Gasteiger partial charge in [-0.2, -0.15) is 0 Å². The lowest BCUT2D eigenvalue weighted by molar-refractivity contribution is -0.131. The van der Waals surface area contributed by atoms with Gasteiger partial charge in [0.15, 0.2) is 0 Å². The van der Waals surface area contributed by atoms with Gasteiger partial charge in [-0.3, -0.25) is 9.80 Å². The lowest BCUT2D eigenvalue weighted by atomic mass is 10.1. The second-order valence-electron chi connectivity index (χ2n) is 5.14. The maximum atomic E-state index is 12.9. The Bertz CT molecular complexity index is 787. The van der Waals surface area contributed by atoms with E-state index in [1.807, 2.05) is 31.2 Å². The van der Waals surface area contributed by atoms with E-state index in [1.54, 1.807) is 0 Å². The van der Waals surface area contributed by atoms with Crippen LogP contribution in [0.5, 0.6) is 0 Å². The number of halogens is 1. The summed E-state index contributed by atoms with van der Waals surface area (Å²) in [7, 11) is -3.96. The fourth-order valence-electron chi connectivity index (χ4n) is 1.90. The topological polar surface area (TPSA) is 66.5 Å². The number of nitrogens with one attached hydrogen (secondary N) is 1. The number of sulfonamides is 1. The Morgan fingerprint density at radius 2 is 1.65 bits per heavy atom. The SMILES string of the molecule is CC(=O)N(Cc1ccc(C)cc1)NS(=O)(=O)c1ccc(F)cc1. The fraction of sp³-hybridized carbons (Fsp3) is 0.188. The highest BCUT2D eigenvalue weighted by Gasteiger charge is 2.20. The summed E-state index contributed by atoms with van der Waals surface area (Å²) in [6.07, 6.45) is 0. The number of aryl methyl sites for hydroxylation is 1. The van der Waals surface area contributed by atoms with Gasteiger partial charge in [-0.15, -0.1) is 4.83 Å². The van der Waals surface area contributed by atoms with Gasteiger partial charge >= 0.3 is 0 Å². The van der Waals surface area contributed by atoms with Crippen LogP contribution in [0.15, 0.2) is 53.4 Å². The molecule has 0 aromatic heterocycles. The van der Waals surface area contributed by atoms with Gasteiger partial charge in [0.1, 0.15) is 5.82 Å². The van der Waals surface area contributed by atoms with Crippen LogP contribution in [0, 0.1) is 12.7 Å². The zero-order valence-electron chi connectivity index (χ0n) is 12.8. The van der Waals surface area contributed by atoms with Gasteiger partial charge in [-0.05, 0) is 36.8 Å².